The highest BCUT2D eigenvalue weighted by atomic mass is 16.5. The maximum Gasteiger partial charge on any atom is 0.204 e. The SMILES string of the molecule is CCc1ccc(C2NC(OC)=CN2C(C)C)cc1. The molecule has 0 bridgehead atoms. The second kappa shape index (κ2) is 5.34. The van der Waals surface area contributed by atoms with E-state index in [4.69, 9.17) is 4.74 Å². The highest BCUT2D eigenvalue weighted by Gasteiger charge is 2.27. The number of ether oxygens (including phenoxy) is 1. The maximum atomic E-state index is 5.30. The van der Waals surface area contributed by atoms with Crippen molar-refractivity contribution in [1.29, 1.82) is 0 Å². The summed E-state index contributed by atoms with van der Waals surface area (Å²) in [6.07, 6.45) is 3.29. The van der Waals surface area contributed by atoms with Gasteiger partial charge < -0.3 is 15.0 Å². The lowest BCUT2D eigenvalue weighted by Crippen LogP contribution is -2.32. The van der Waals surface area contributed by atoms with Crippen LogP contribution in [0.5, 0.6) is 0 Å². The standard InChI is InChI=1S/C15H22N2O/c1-5-12-6-8-13(9-7-12)15-16-14(18-4)10-17(15)11(2)3/h6-11,15-16H,5H2,1-4H3. The minimum absolute atomic E-state index is 0.172. The van der Waals surface area contributed by atoms with Crippen LogP contribution in [0, 0.1) is 0 Å². The number of hydrogen-bond donors (Lipinski definition) is 1. The molecule has 0 saturated heterocycles. The number of nitrogens with one attached hydrogen (secondary N) is 1. The molecular formula is C15H22N2O. The molecule has 0 radical (unpaired) electrons. The lowest BCUT2D eigenvalue weighted by molar-refractivity contribution is 0.217. The van der Waals surface area contributed by atoms with Crippen LogP contribution in [0.25, 0.3) is 0 Å². The number of hydrogen-bond acceptors (Lipinski definition) is 3. The van der Waals surface area contributed by atoms with Gasteiger partial charge in [-0.25, -0.2) is 0 Å². The van der Waals surface area contributed by atoms with Gasteiger partial charge in [-0.2, -0.15) is 0 Å². The lowest BCUT2D eigenvalue weighted by atomic mass is 10.1. The van der Waals surface area contributed by atoms with Crippen LogP contribution in [0.1, 0.15) is 38.1 Å². The molecule has 0 saturated carbocycles. The number of benzene rings is 1. The van der Waals surface area contributed by atoms with Gasteiger partial charge in [-0.3, -0.25) is 0 Å². The minimum atomic E-state index is 0.172. The Hall–Kier alpha value is -1.64. The van der Waals surface area contributed by atoms with E-state index in [0.29, 0.717) is 6.04 Å². The predicted octanol–water partition coefficient (Wildman–Crippen LogP) is 3.01. The molecule has 18 heavy (non-hydrogen) atoms. The summed E-state index contributed by atoms with van der Waals surface area (Å²) >= 11 is 0. The zero-order valence-electron chi connectivity index (χ0n) is 11.6. The molecular weight excluding hydrogens is 224 g/mol. The number of aryl methyl sites for hydroxylation is 1. The minimum Gasteiger partial charge on any atom is -0.481 e. The molecule has 1 heterocycles. The Kier molecular flexibility index (Phi) is 3.80. The van der Waals surface area contributed by atoms with Crippen LogP contribution in [0.15, 0.2) is 36.3 Å². The van der Waals surface area contributed by atoms with Gasteiger partial charge in [-0.15, -0.1) is 0 Å². The van der Waals surface area contributed by atoms with Crippen LogP contribution in [-0.2, 0) is 11.2 Å². The van der Waals surface area contributed by atoms with Gasteiger partial charge in [0.2, 0.25) is 5.88 Å². The van der Waals surface area contributed by atoms with Crippen molar-refractivity contribution in [2.24, 2.45) is 0 Å². The van der Waals surface area contributed by atoms with Gasteiger partial charge in [0, 0.05) is 6.04 Å². The normalized spacial score (nSPS) is 18.8. The smallest absolute Gasteiger partial charge is 0.204 e. The Labute approximate surface area is 109 Å². The Bertz CT molecular complexity index is 423. The first-order valence-electron chi connectivity index (χ1n) is 6.54. The van der Waals surface area contributed by atoms with E-state index < -0.39 is 0 Å². The third-order valence-electron chi connectivity index (χ3n) is 3.36. The van der Waals surface area contributed by atoms with Crippen molar-refractivity contribution in [1.82, 2.24) is 10.2 Å². The van der Waals surface area contributed by atoms with Crippen molar-refractivity contribution in [3.8, 4) is 0 Å². The summed E-state index contributed by atoms with van der Waals surface area (Å²) in [7, 11) is 1.69. The highest BCUT2D eigenvalue weighted by molar-refractivity contribution is 5.27. The Balaban J connectivity index is 2.21. The average Bonchev–Trinajstić information content (AvgIpc) is 2.83. The van der Waals surface area contributed by atoms with Crippen molar-refractivity contribution in [3.05, 3.63) is 47.5 Å². The molecule has 2 rings (SSSR count). The summed E-state index contributed by atoms with van der Waals surface area (Å²) < 4.78 is 5.30. The molecule has 1 atom stereocenters. The van der Waals surface area contributed by atoms with Crippen LogP contribution in [0.3, 0.4) is 0 Å². The fourth-order valence-corrected chi connectivity index (χ4v) is 2.21. The third kappa shape index (κ3) is 2.45. The van der Waals surface area contributed by atoms with E-state index in [1.54, 1.807) is 7.11 Å². The molecule has 0 aliphatic carbocycles. The lowest BCUT2D eigenvalue weighted by Gasteiger charge is -2.29. The number of nitrogens with zero attached hydrogens (tertiary/aromatic N) is 1. The van der Waals surface area contributed by atoms with Crippen molar-refractivity contribution < 1.29 is 4.74 Å². The summed E-state index contributed by atoms with van der Waals surface area (Å²) in [6.45, 7) is 6.54. The van der Waals surface area contributed by atoms with Gasteiger partial charge >= 0.3 is 0 Å². The fraction of sp³-hybridized carbons (Fsp3) is 0.467. The van der Waals surface area contributed by atoms with Crippen LogP contribution in [0.4, 0.5) is 0 Å². The number of methoxy groups -OCH3 is 1. The molecule has 1 aliphatic rings. The number of rotatable bonds is 4. The molecule has 0 fully saturated rings. The molecule has 1 aromatic rings. The van der Waals surface area contributed by atoms with E-state index in [9.17, 15) is 0 Å². The molecule has 0 amide bonds. The molecule has 3 heteroatoms. The van der Waals surface area contributed by atoms with E-state index in [2.05, 4.69) is 55.3 Å². The van der Waals surface area contributed by atoms with E-state index in [1.807, 2.05) is 6.20 Å². The van der Waals surface area contributed by atoms with Gasteiger partial charge in [0.1, 0.15) is 6.17 Å². The third-order valence-corrected chi connectivity index (χ3v) is 3.36. The van der Waals surface area contributed by atoms with Crippen molar-refractivity contribution in [2.75, 3.05) is 7.11 Å². The second-order valence-corrected chi connectivity index (χ2v) is 4.88. The zero-order chi connectivity index (χ0) is 13.1. The first kappa shape index (κ1) is 12.8. The van der Waals surface area contributed by atoms with Gasteiger partial charge in [0.15, 0.2) is 0 Å². The van der Waals surface area contributed by atoms with E-state index in [1.165, 1.54) is 11.1 Å². The van der Waals surface area contributed by atoms with Crippen LogP contribution >= 0.6 is 0 Å². The fourth-order valence-electron chi connectivity index (χ4n) is 2.21. The average molecular weight is 246 g/mol. The predicted molar refractivity (Wildman–Crippen MR) is 73.8 cm³/mol. The van der Waals surface area contributed by atoms with Crippen molar-refractivity contribution >= 4 is 0 Å². The molecule has 1 N–H and O–H groups in total. The quantitative estimate of drug-likeness (QED) is 0.884. The Morgan fingerprint density at radius 1 is 1.28 bits per heavy atom. The molecule has 1 unspecified atom stereocenters. The first-order valence-corrected chi connectivity index (χ1v) is 6.54. The maximum absolute atomic E-state index is 5.30. The van der Waals surface area contributed by atoms with Crippen molar-refractivity contribution in [2.45, 2.75) is 39.4 Å². The van der Waals surface area contributed by atoms with Gasteiger partial charge in [-0.05, 0) is 31.4 Å². The van der Waals surface area contributed by atoms with Gasteiger partial charge in [-0.1, -0.05) is 31.2 Å². The molecule has 1 aromatic carbocycles. The summed E-state index contributed by atoms with van der Waals surface area (Å²) in [6, 6.07) is 9.21. The van der Waals surface area contributed by atoms with Crippen LogP contribution in [-0.4, -0.2) is 18.1 Å². The molecule has 0 spiro atoms. The van der Waals surface area contributed by atoms with Crippen LogP contribution in [0.2, 0.25) is 0 Å². The molecule has 3 nitrogen and oxygen atoms in total. The summed E-state index contributed by atoms with van der Waals surface area (Å²) in [5, 5.41) is 3.39. The summed E-state index contributed by atoms with van der Waals surface area (Å²) in [5.74, 6) is 0.827. The van der Waals surface area contributed by atoms with Crippen LogP contribution < -0.4 is 5.32 Å². The zero-order valence-corrected chi connectivity index (χ0v) is 11.6. The highest BCUT2D eigenvalue weighted by Crippen LogP contribution is 2.27. The first-order chi connectivity index (χ1) is 8.65. The second-order valence-electron chi connectivity index (χ2n) is 4.88. The monoisotopic (exact) mass is 246 g/mol. The van der Waals surface area contributed by atoms with Crippen molar-refractivity contribution in [3.63, 3.8) is 0 Å². The molecule has 0 aromatic heterocycles. The van der Waals surface area contributed by atoms with E-state index in [-0.39, 0.29) is 6.17 Å². The Morgan fingerprint density at radius 2 is 1.94 bits per heavy atom. The largest absolute Gasteiger partial charge is 0.481 e. The molecule has 1 aliphatic heterocycles. The Morgan fingerprint density at radius 3 is 2.44 bits per heavy atom. The topological polar surface area (TPSA) is 24.5 Å². The van der Waals surface area contributed by atoms with Gasteiger partial charge in [0.05, 0.1) is 13.3 Å². The van der Waals surface area contributed by atoms with Gasteiger partial charge in [0.25, 0.3) is 0 Å². The van der Waals surface area contributed by atoms with E-state index >= 15 is 0 Å². The summed E-state index contributed by atoms with van der Waals surface area (Å²) in [5.41, 5.74) is 2.64. The summed E-state index contributed by atoms with van der Waals surface area (Å²) in [4.78, 5) is 2.28. The van der Waals surface area contributed by atoms with E-state index in [0.717, 1.165) is 12.3 Å². The molecule has 98 valence electrons.